The van der Waals surface area contributed by atoms with Gasteiger partial charge in [0, 0.05) is 12.7 Å². The smallest absolute Gasteiger partial charge is 0.186 e. The van der Waals surface area contributed by atoms with Crippen molar-refractivity contribution in [3.05, 3.63) is 35.9 Å². The molecule has 3 fully saturated rings. The number of rotatable bonds is 2. The van der Waals surface area contributed by atoms with Crippen molar-refractivity contribution in [2.45, 2.75) is 56.6 Å². The lowest BCUT2D eigenvalue weighted by molar-refractivity contribution is -0.343. The molecule has 4 rings (SSSR count). The first kappa shape index (κ1) is 15.5. The average molecular weight is 322 g/mol. The Morgan fingerprint density at radius 1 is 1.00 bits per heavy atom. The zero-order valence-electron chi connectivity index (χ0n) is 13.5. The van der Waals surface area contributed by atoms with Crippen molar-refractivity contribution in [2.24, 2.45) is 0 Å². The molecule has 0 radical (unpaired) electrons. The molecule has 0 bridgehead atoms. The van der Waals surface area contributed by atoms with Gasteiger partial charge in [-0.2, -0.15) is 0 Å². The SMILES string of the molecule is CO[C@H]1O[C@@H]2CO[C@@H](c3ccccc3)O[C@H]2[C@@H]2OC(C)(C)O[C@@H]12. The fraction of sp³-hybridized carbons (Fsp3) is 0.647. The molecule has 3 aliphatic heterocycles. The quantitative estimate of drug-likeness (QED) is 0.830. The van der Waals surface area contributed by atoms with Gasteiger partial charge in [-0.05, 0) is 13.8 Å². The van der Waals surface area contributed by atoms with Gasteiger partial charge in [0.15, 0.2) is 18.4 Å². The summed E-state index contributed by atoms with van der Waals surface area (Å²) in [5.74, 6) is -0.686. The molecule has 6 heteroatoms. The molecular weight excluding hydrogens is 300 g/mol. The molecule has 3 saturated heterocycles. The van der Waals surface area contributed by atoms with E-state index >= 15 is 0 Å². The molecule has 126 valence electrons. The normalized spacial score (nSPS) is 42.0. The van der Waals surface area contributed by atoms with E-state index in [2.05, 4.69) is 0 Å². The molecule has 0 spiro atoms. The van der Waals surface area contributed by atoms with Gasteiger partial charge in [0.05, 0.1) is 6.61 Å². The Labute approximate surface area is 135 Å². The zero-order chi connectivity index (χ0) is 16.0. The largest absolute Gasteiger partial charge is 0.353 e. The van der Waals surface area contributed by atoms with E-state index in [1.165, 1.54) is 0 Å². The van der Waals surface area contributed by atoms with E-state index < -0.39 is 18.4 Å². The first-order valence-corrected chi connectivity index (χ1v) is 7.93. The van der Waals surface area contributed by atoms with Crippen LogP contribution < -0.4 is 0 Å². The van der Waals surface area contributed by atoms with Crippen LogP contribution in [-0.2, 0) is 28.4 Å². The van der Waals surface area contributed by atoms with Crippen LogP contribution in [-0.4, -0.2) is 50.2 Å². The Balaban J connectivity index is 1.57. The Morgan fingerprint density at radius 2 is 1.74 bits per heavy atom. The van der Waals surface area contributed by atoms with Gasteiger partial charge in [-0.15, -0.1) is 0 Å². The second-order valence-corrected chi connectivity index (χ2v) is 6.52. The minimum absolute atomic E-state index is 0.237. The molecule has 3 aliphatic rings. The molecule has 6 atom stereocenters. The van der Waals surface area contributed by atoms with Crippen molar-refractivity contribution < 1.29 is 28.4 Å². The molecular formula is C17H22O6. The summed E-state index contributed by atoms with van der Waals surface area (Å²) in [6.45, 7) is 4.21. The fourth-order valence-electron chi connectivity index (χ4n) is 3.46. The molecule has 1 aromatic carbocycles. The van der Waals surface area contributed by atoms with Crippen LogP contribution in [0.4, 0.5) is 0 Å². The van der Waals surface area contributed by atoms with Crippen molar-refractivity contribution in [1.82, 2.24) is 0 Å². The molecule has 0 aliphatic carbocycles. The number of hydrogen-bond donors (Lipinski definition) is 0. The van der Waals surface area contributed by atoms with E-state index in [-0.39, 0.29) is 24.4 Å². The maximum absolute atomic E-state index is 6.17. The standard InChI is InChI=1S/C17H22O6/c1-17(2)22-13-12-11(20-16(18-3)14(13)23-17)9-19-15(21-12)10-7-5-4-6-8-10/h4-8,11-16H,9H2,1-3H3/t11-,12-,13+,14-,15-,16+/m1/s1. The summed E-state index contributed by atoms with van der Waals surface area (Å²) in [6, 6.07) is 9.87. The molecule has 0 amide bonds. The zero-order valence-corrected chi connectivity index (χ0v) is 13.5. The van der Waals surface area contributed by atoms with E-state index in [4.69, 9.17) is 28.4 Å². The predicted octanol–water partition coefficient (Wildman–Crippen LogP) is 1.99. The molecule has 0 aromatic heterocycles. The highest BCUT2D eigenvalue weighted by Crippen LogP contribution is 2.42. The maximum atomic E-state index is 6.17. The predicted molar refractivity (Wildman–Crippen MR) is 79.5 cm³/mol. The van der Waals surface area contributed by atoms with Crippen LogP contribution in [0.2, 0.25) is 0 Å². The molecule has 23 heavy (non-hydrogen) atoms. The van der Waals surface area contributed by atoms with E-state index in [9.17, 15) is 0 Å². The van der Waals surface area contributed by atoms with Crippen LogP contribution in [0.25, 0.3) is 0 Å². The Morgan fingerprint density at radius 3 is 2.48 bits per heavy atom. The maximum Gasteiger partial charge on any atom is 0.186 e. The van der Waals surface area contributed by atoms with E-state index in [0.717, 1.165) is 5.56 Å². The number of hydrogen-bond acceptors (Lipinski definition) is 6. The monoisotopic (exact) mass is 322 g/mol. The van der Waals surface area contributed by atoms with E-state index in [1.54, 1.807) is 7.11 Å². The lowest BCUT2D eigenvalue weighted by Crippen LogP contribution is -2.61. The highest BCUT2D eigenvalue weighted by Gasteiger charge is 2.57. The van der Waals surface area contributed by atoms with Crippen molar-refractivity contribution in [3.63, 3.8) is 0 Å². The molecule has 0 N–H and O–H groups in total. The molecule has 0 unspecified atom stereocenters. The third-order valence-corrected chi connectivity index (χ3v) is 4.43. The van der Waals surface area contributed by atoms with Crippen LogP contribution in [0.15, 0.2) is 30.3 Å². The van der Waals surface area contributed by atoms with Crippen LogP contribution in [0.5, 0.6) is 0 Å². The van der Waals surface area contributed by atoms with Crippen LogP contribution in [0.3, 0.4) is 0 Å². The average Bonchev–Trinajstić information content (AvgIpc) is 2.90. The Kier molecular flexibility index (Phi) is 3.91. The van der Waals surface area contributed by atoms with E-state index in [0.29, 0.717) is 6.61 Å². The summed E-state index contributed by atoms with van der Waals surface area (Å²) in [5, 5.41) is 0. The van der Waals surface area contributed by atoms with Gasteiger partial charge in [0.1, 0.15) is 24.4 Å². The summed E-state index contributed by atoms with van der Waals surface area (Å²) >= 11 is 0. The lowest BCUT2D eigenvalue weighted by atomic mass is 9.98. The van der Waals surface area contributed by atoms with Crippen molar-refractivity contribution in [3.8, 4) is 0 Å². The number of methoxy groups -OCH3 is 1. The van der Waals surface area contributed by atoms with Gasteiger partial charge < -0.3 is 28.4 Å². The topological polar surface area (TPSA) is 55.4 Å². The lowest BCUT2D eigenvalue weighted by Gasteiger charge is -2.45. The van der Waals surface area contributed by atoms with Gasteiger partial charge >= 0.3 is 0 Å². The number of fused-ring (bicyclic) bond motifs is 3. The van der Waals surface area contributed by atoms with E-state index in [1.807, 2.05) is 44.2 Å². The summed E-state index contributed by atoms with van der Waals surface area (Å²) in [4.78, 5) is 0. The highest BCUT2D eigenvalue weighted by molar-refractivity contribution is 5.16. The Hall–Kier alpha value is -1.02. The third kappa shape index (κ3) is 2.80. The molecule has 6 nitrogen and oxygen atoms in total. The first-order chi connectivity index (χ1) is 11.1. The number of ether oxygens (including phenoxy) is 6. The Bertz CT molecular complexity index is 547. The first-order valence-electron chi connectivity index (χ1n) is 7.93. The van der Waals surface area contributed by atoms with Crippen LogP contribution in [0.1, 0.15) is 25.7 Å². The van der Waals surface area contributed by atoms with Crippen molar-refractivity contribution in [2.75, 3.05) is 13.7 Å². The fourth-order valence-corrected chi connectivity index (χ4v) is 3.46. The highest BCUT2D eigenvalue weighted by atomic mass is 16.8. The minimum Gasteiger partial charge on any atom is -0.353 e. The van der Waals surface area contributed by atoms with Crippen molar-refractivity contribution >= 4 is 0 Å². The molecule has 1 aromatic rings. The molecule has 0 saturated carbocycles. The van der Waals surface area contributed by atoms with Gasteiger partial charge in [-0.1, -0.05) is 30.3 Å². The van der Waals surface area contributed by atoms with Gasteiger partial charge in [-0.3, -0.25) is 0 Å². The summed E-state index contributed by atoms with van der Waals surface area (Å²) in [5.41, 5.74) is 0.981. The third-order valence-electron chi connectivity index (χ3n) is 4.43. The van der Waals surface area contributed by atoms with Crippen LogP contribution in [0, 0.1) is 0 Å². The minimum atomic E-state index is -0.686. The summed E-state index contributed by atoms with van der Waals surface area (Å²) in [7, 11) is 1.61. The number of benzene rings is 1. The second kappa shape index (κ2) is 5.81. The van der Waals surface area contributed by atoms with Crippen LogP contribution >= 0.6 is 0 Å². The van der Waals surface area contributed by atoms with Crippen molar-refractivity contribution in [1.29, 1.82) is 0 Å². The molecule has 3 heterocycles. The summed E-state index contributed by atoms with van der Waals surface area (Å²) < 4.78 is 35.4. The van der Waals surface area contributed by atoms with Gasteiger partial charge in [0.25, 0.3) is 0 Å². The van der Waals surface area contributed by atoms with Gasteiger partial charge in [-0.25, -0.2) is 0 Å². The van der Waals surface area contributed by atoms with Gasteiger partial charge in [0.2, 0.25) is 0 Å². The summed E-state index contributed by atoms with van der Waals surface area (Å²) in [6.07, 6.45) is -1.96. The second-order valence-electron chi connectivity index (χ2n) is 6.52.